The fraction of sp³-hybridized carbons (Fsp3) is 0.0645. The largest absolute Gasteiger partial charge is 0.340 e. The Hall–Kier alpha value is -5.12. The molecule has 0 bridgehead atoms. The molecule has 0 saturated carbocycles. The van der Waals surface area contributed by atoms with Gasteiger partial charge in [0.1, 0.15) is 12.4 Å². The maximum Gasteiger partial charge on any atom is 0.247 e. The summed E-state index contributed by atoms with van der Waals surface area (Å²) in [6.07, 6.45) is 7.90. The van der Waals surface area contributed by atoms with Crippen molar-refractivity contribution in [1.82, 2.24) is 10.3 Å². The fourth-order valence-electron chi connectivity index (χ4n) is 4.01. The number of hydrogen-bond donors (Lipinski definition) is 3. The predicted octanol–water partition coefficient (Wildman–Crippen LogP) is 5.11. The highest BCUT2D eigenvalue weighted by Gasteiger charge is 2.21. The molecule has 1 heterocycles. The lowest BCUT2D eigenvalue weighted by Crippen LogP contribution is -2.44. The highest BCUT2D eigenvalue weighted by molar-refractivity contribution is 6.30. The third-order valence-electron chi connectivity index (χ3n) is 6.02. The van der Waals surface area contributed by atoms with Gasteiger partial charge in [-0.2, -0.15) is 5.10 Å². The summed E-state index contributed by atoms with van der Waals surface area (Å²) in [5.74, 6) is 5.21. The average molecular weight is 566 g/mol. The Morgan fingerprint density at radius 3 is 2.41 bits per heavy atom. The van der Waals surface area contributed by atoms with Crippen LogP contribution in [0.3, 0.4) is 0 Å². The van der Waals surface area contributed by atoms with Crippen molar-refractivity contribution >= 4 is 53.9 Å². The van der Waals surface area contributed by atoms with Crippen molar-refractivity contribution < 1.29 is 9.59 Å². The summed E-state index contributed by atoms with van der Waals surface area (Å²) in [7, 11) is 0. The number of hydrogen-bond acceptors (Lipinski definition) is 6. The van der Waals surface area contributed by atoms with Gasteiger partial charge < -0.3 is 10.6 Å². The molecule has 0 fully saturated rings. The van der Waals surface area contributed by atoms with Crippen molar-refractivity contribution in [2.75, 3.05) is 10.3 Å². The zero-order valence-corrected chi connectivity index (χ0v) is 22.8. The molecule has 4 rings (SSSR count). The second-order valence-electron chi connectivity index (χ2n) is 8.87. The Morgan fingerprint density at radius 2 is 1.71 bits per heavy atom. The Kier molecular flexibility index (Phi) is 10.1. The number of hydrazine groups is 1. The topological polar surface area (TPSA) is 125 Å². The summed E-state index contributed by atoms with van der Waals surface area (Å²) < 4.78 is 0. The highest BCUT2D eigenvalue weighted by atomic mass is 35.5. The molecule has 4 aromatic rings. The molecule has 9 nitrogen and oxygen atoms in total. The Morgan fingerprint density at radius 1 is 1.00 bits per heavy atom. The molecule has 1 aromatic heterocycles. The van der Waals surface area contributed by atoms with E-state index < -0.39 is 11.9 Å². The quantitative estimate of drug-likeness (QED) is 0.0766. The number of nitrogens with one attached hydrogen (secondary N) is 2. The summed E-state index contributed by atoms with van der Waals surface area (Å²) in [6, 6.07) is 24.9. The third kappa shape index (κ3) is 8.43. The van der Waals surface area contributed by atoms with Crippen LogP contribution in [0.1, 0.15) is 11.1 Å². The van der Waals surface area contributed by atoms with Crippen LogP contribution >= 0.6 is 11.6 Å². The van der Waals surface area contributed by atoms with Crippen LogP contribution in [0.5, 0.6) is 0 Å². The van der Waals surface area contributed by atoms with Gasteiger partial charge in [0, 0.05) is 47.9 Å². The molecule has 1 atom stereocenters. The van der Waals surface area contributed by atoms with Crippen LogP contribution in [0.4, 0.5) is 11.4 Å². The van der Waals surface area contributed by atoms with E-state index in [1.807, 2.05) is 66.7 Å². The minimum atomic E-state index is -0.843. The van der Waals surface area contributed by atoms with Gasteiger partial charge in [0.25, 0.3) is 0 Å². The number of pyridine rings is 1. The lowest BCUT2D eigenvalue weighted by atomic mass is 10.0. The van der Waals surface area contributed by atoms with E-state index in [0.717, 1.165) is 16.7 Å². The number of nitrogens with two attached hydrogens (primary N) is 1. The minimum Gasteiger partial charge on any atom is -0.340 e. The molecule has 0 spiro atoms. The lowest BCUT2D eigenvalue weighted by molar-refractivity contribution is -0.123. The predicted molar refractivity (Wildman–Crippen MR) is 166 cm³/mol. The van der Waals surface area contributed by atoms with Gasteiger partial charge in [-0.25, -0.2) is 5.84 Å². The molecule has 0 radical (unpaired) electrons. The van der Waals surface area contributed by atoms with Gasteiger partial charge in [-0.3, -0.25) is 19.6 Å². The van der Waals surface area contributed by atoms with Crippen molar-refractivity contribution in [3.63, 3.8) is 0 Å². The maximum atomic E-state index is 13.3. The van der Waals surface area contributed by atoms with Crippen molar-refractivity contribution in [2.45, 2.75) is 12.5 Å². The summed E-state index contributed by atoms with van der Waals surface area (Å²) in [6.45, 7) is 3.28. The molecule has 206 valence electrons. The lowest BCUT2D eigenvalue weighted by Gasteiger charge is -2.18. The molecule has 2 amide bonds. The van der Waals surface area contributed by atoms with Crippen molar-refractivity contribution in [3.8, 4) is 11.1 Å². The first-order valence-corrected chi connectivity index (χ1v) is 13.0. The minimum absolute atomic E-state index is 0.297. The SMILES string of the molecule is C=N/N=C\N(N)c1ccc(Cl)cc1/C=C/C(=O)N[C@@H](Cc1ccccc1)C(=O)Nc1ccc(-c2ccncc2)cc1. The Balaban J connectivity index is 1.50. The Bertz CT molecular complexity index is 1540. The van der Waals surface area contributed by atoms with Gasteiger partial charge in [-0.15, -0.1) is 5.10 Å². The molecule has 0 aliphatic heterocycles. The number of carbonyl (C=O) groups excluding carboxylic acids is 2. The van der Waals surface area contributed by atoms with Crippen LogP contribution in [0.25, 0.3) is 17.2 Å². The first-order chi connectivity index (χ1) is 19.9. The average Bonchev–Trinajstić information content (AvgIpc) is 3.00. The number of nitrogens with zero attached hydrogens (tertiary/aromatic N) is 4. The zero-order valence-electron chi connectivity index (χ0n) is 22.0. The second-order valence-corrected chi connectivity index (χ2v) is 9.31. The Labute approximate surface area is 243 Å². The van der Waals surface area contributed by atoms with E-state index in [0.29, 0.717) is 28.4 Å². The van der Waals surface area contributed by atoms with Crippen molar-refractivity contribution in [2.24, 2.45) is 16.0 Å². The number of aromatic nitrogens is 1. The van der Waals surface area contributed by atoms with Gasteiger partial charge in [-0.05, 0) is 65.2 Å². The maximum absolute atomic E-state index is 13.3. The summed E-state index contributed by atoms with van der Waals surface area (Å²) >= 11 is 6.17. The van der Waals surface area contributed by atoms with E-state index in [1.165, 1.54) is 17.4 Å². The normalized spacial score (nSPS) is 11.8. The second kappa shape index (κ2) is 14.3. The van der Waals surface area contributed by atoms with E-state index >= 15 is 0 Å². The zero-order chi connectivity index (χ0) is 29.0. The van der Waals surface area contributed by atoms with Gasteiger partial charge in [0.2, 0.25) is 11.8 Å². The van der Waals surface area contributed by atoms with Crippen LogP contribution in [-0.2, 0) is 16.0 Å². The van der Waals surface area contributed by atoms with Gasteiger partial charge in [0.15, 0.2) is 0 Å². The fourth-order valence-corrected chi connectivity index (χ4v) is 4.19. The number of rotatable bonds is 11. The highest BCUT2D eigenvalue weighted by Crippen LogP contribution is 2.24. The van der Waals surface area contributed by atoms with E-state index in [-0.39, 0.29) is 5.91 Å². The first-order valence-electron chi connectivity index (χ1n) is 12.6. The number of amides is 2. The summed E-state index contributed by atoms with van der Waals surface area (Å²) in [5.41, 5.74) is 4.61. The molecule has 41 heavy (non-hydrogen) atoms. The molecule has 10 heteroatoms. The van der Waals surface area contributed by atoms with Gasteiger partial charge in [-0.1, -0.05) is 54.1 Å². The number of anilines is 2. The van der Waals surface area contributed by atoms with Gasteiger partial charge >= 0.3 is 0 Å². The first kappa shape index (κ1) is 28.9. The van der Waals surface area contributed by atoms with E-state index in [1.54, 1.807) is 36.7 Å². The molecule has 4 N–H and O–H groups in total. The molecule has 0 saturated heterocycles. The monoisotopic (exact) mass is 565 g/mol. The summed E-state index contributed by atoms with van der Waals surface area (Å²) in [5, 5.41) is 14.5. The molecule has 0 aliphatic rings. The van der Waals surface area contributed by atoms with Crippen LogP contribution in [0, 0.1) is 0 Å². The molecule has 3 aromatic carbocycles. The number of carbonyl (C=O) groups is 2. The smallest absolute Gasteiger partial charge is 0.247 e. The number of halogens is 1. The van der Waals surface area contributed by atoms with Crippen molar-refractivity contribution in [1.29, 1.82) is 0 Å². The standard InChI is InChI=1S/C31H28ClN7O2/c1-34-36-21-39(33)29-13-10-26(32)20-25(29)9-14-30(40)38-28(19-22-5-3-2-4-6-22)31(41)37-27-11-7-23(8-12-27)24-15-17-35-18-16-24/h2-18,20-21,28H,1,19,33H2,(H,37,41)(H,38,40)/b14-9+,36-21-/t28-/m0/s1. The van der Waals surface area contributed by atoms with Crippen LogP contribution in [-0.4, -0.2) is 35.9 Å². The number of benzene rings is 3. The van der Waals surface area contributed by atoms with E-state index in [4.69, 9.17) is 17.4 Å². The van der Waals surface area contributed by atoms with Crippen molar-refractivity contribution in [3.05, 3.63) is 120 Å². The molecule has 0 aliphatic carbocycles. The van der Waals surface area contributed by atoms with Crippen LogP contribution in [0.15, 0.2) is 114 Å². The molecular formula is C31H28ClN7O2. The van der Waals surface area contributed by atoms with E-state index in [9.17, 15) is 9.59 Å². The van der Waals surface area contributed by atoms with Crippen LogP contribution in [0.2, 0.25) is 5.02 Å². The van der Waals surface area contributed by atoms with Gasteiger partial charge in [0.05, 0.1) is 5.69 Å². The van der Waals surface area contributed by atoms with Crippen LogP contribution < -0.4 is 21.5 Å². The molecule has 0 unspecified atom stereocenters. The third-order valence-corrected chi connectivity index (χ3v) is 6.26. The molecular weight excluding hydrogens is 538 g/mol. The summed E-state index contributed by atoms with van der Waals surface area (Å²) in [4.78, 5) is 30.4. The van der Waals surface area contributed by atoms with E-state index in [2.05, 4.69) is 32.5 Å².